The molecule has 1 fully saturated rings. The van der Waals surface area contributed by atoms with Gasteiger partial charge in [0.15, 0.2) is 5.96 Å². The summed E-state index contributed by atoms with van der Waals surface area (Å²) in [5.74, 6) is 2.89. The minimum atomic E-state index is 0.750. The SMILES string of the molecule is Cc1nc2ccccc2n1CCCN=C(NCCc1ccco1)NCCN1CCOCC1. The Labute approximate surface area is 189 Å². The third-order valence-electron chi connectivity index (χ3n) is 5.72. The highest BCUT2D eigenvalue weighted by atomic mass is 16.5. The molecule has 1 saturated heterocycles. The van der Waals surface area contributed by atoms with Crippen LogP contribution in [0.25, 0.3) is 11.0 Å². The van der Waals surface area contributed by atoms with Gasteiger partial charge in [-0.25, -0.2) is 4.98 Å². The van der Waals surface area contributed by atoms with Crippen molar-refractivity contribution in [1.29, 1.82) is 0 Å². The average molecular weight is 439 g/mol. The van der Waals surface area contributed by atoms with Gasteiger partial charge in [-0.15, -0.1) is 0 Å². The molecule has 0 aliphatic carbocycles. The number of ether oxygens (including phenoxy) is 1. The molecule has 1 aliphatic heterocycles. The number of aromatic nitrogens is 2. The van der Waals surface area contributed by atoms with Crippen molar-refractivity contribution < 1.29 is 9.15 Å². The number of hydrogen-bond donors (Lipinski definition) is 2. The second-order valence-electron chi connectivity index (χ2n) is 8.02. The molecule has 0 saturated carbocycles. The van der Waals surface area contributed by atoms with E-state index in [1.165, 1.54) is 5.52 Å². The lowest BCUT2D eigenvalue weighted by atomic mass is 10.3. The fraction of sp³-hybridized carbons (Fsp3) is 0.500. The van der Waals surface area contributed by atoms with Crippen molar-refractivity contribution in [3.05, 3.63) is 54.2 Å². The summed E-state index contributed by atoms with van der Waals surface area (Å²) in [7, 11) is 0. The van der Waals surface area contributed by atoms with E-state index in [0.717, 1.165) is 94.9 Å². The molecular formula is C24H34N6O2. The number of para-hydroxylation sites is 2. The van der Waals surface area contributed by atoms with Crippen molar-refractivity contribution in [2.45, 2.75) is 26.3 Å². The van der Waals surface area contributed by atoms with E-state index in [9.17, 15) is 0 Å². The van der Waals surface area contributed by atoms with Crippen LogP contribution in [-0.4, -0.2) is 72.9 Å². The number of nitrogens with one attached hydrogen (secondary N) is 2. The van der Waals surface area contributed by atoms with Gasteiger partial charge < -0.3 is 24.4 Å². The van der Waals surface area contributed by atoms with E-state index in [4.69, 9.17) is 14.1 Å². The zero-order valence-electron chi connectivity index (χ0n) is 18.9. The van der Waals surface area contributed by atoms with Gasteiger partial charge >= 0.3 is 0 Å². The van der Waals surface area contributed by atoms with Gasteiger partial charge in [0.1, 0.15) is 11.6 Å². The first-order valence-electron chi connectivity index (χ1n) is 11.6. The number of hydrogen-bond acceptors (Lipinski definition) is 5. The van der Waals surface area contributed by atoms with Crippen LogP contribution in [0.4, 0.5) is 0 Å². The van der Waals surface area contributed by atoms with Crippen LogP contribution in [0.2, 0.25) is 0 Å². The Bertz CT molecular complexity index is 976. The number of aryl methyl sites for hydroxylation is 2. The summed E-state index contributed by atoms with van der Waals surface area (Å²) < 4.78 is 13.1. The largest absolute Gasteiger partial charge is 0.469 e. The Kier molecular flexibility index (Phi) is 8.17. The molecule has 4 rings (SSSR count). The lowest BCUT2D eigenvalue weighted by Crippen LogP contribution is -2.44. The molecule has 172 valence electrons. The Morgan fingerprint density at radius 2 is 1.91 bits per heavy atom. The predicted octanol–water partition coefficient (Wildman–Crippen LogP) is 2.44. The van der Waals surface area contributed by atoms with Gasteiger partial charge in [0, 0.05) is 52.2 Å². The number of rotatable bonds is 10. The molecule has 2 aromatic heterocycles. The first-order chi connectivity index (χ1) is 15.8. The number of benzene rings is 1. The lowest BCUT2D eigenvalue weighted by Gasteiger charge is -2.26. The second kappa shape index (κ2) is 11.7. The van der Waals surface area contributed by atoms with E-state index < -0.39 is 0 Å². The third-order valence-corrected chi connectivity index (χ3v) is 5.72. The number of aliphatic imine (C=N–C) groups is 1. The molecule has 1 aliphatic rings. The monoisotopic (exact) mass is 438 g/mol. The van der Waals surface area contributed by atoms with Crippen LogP contribution in [0.1, 0.15) is 18.0 Å². The molecule has 3 aromatic rings. The van der Waals surface area contributed by atoms with Gasteiger partial charge in [-0.3, -0.25) is 9.89 Å². The zero-order valence-corrected chi connectivity index (χ0v) is 18.9. The fourth-order valence-corrected chi connectivity index (χ4v) is 3.99. The molecule has 2 N–H and O–H groups in total. The van der Waals surface area contributed by atoms with Crippen molar-refractivity contribution in [1.82, 2.24) is 25.1 Å². The maximum Gasteiger partial charge on any atom is 0.191 e. The van der Waals surface area contributed by atoms with Crippen molar-refractivity contribution in [2.24, 2.45) is 4.99 Å². The summed E-state index contributed by atoms with van der Waals surface area (Å²) >= 11 is 0. The van der Waals surface area contributed by atoms with Crippen LogP contribution >= 0.6 is 0 Å². The van der Waals surface area contributed by atoms with Crippen LogP contribution in [0, 0.1) is 6.92 Å². The minimum absolute atomic E-state index is 0.750. The highest BCUT2D eigenvalue weighted by Crippen LogP contribution is 2.15. The van der Waals surface area contributed by atoms with Crippen molar-refractivity contribution in [3.8, 4) is 0 Å². The molecule has 0 bridgehead atoms. The molecule has 0 amide bonds. The van der Waals surface area contributed by atoms with Gasteiger partial charge in [0.2, 0.25) is 0 Å². The topological polar surface area (TPSA) is 79.8 Å². The predicted molar refractivity (Wildman–Crippen MR) is 127 cm³/mol. The third kappa shape index (κ3) is 6.34. The molecule has 32 heavy (non-hydrogen) atoms. The second-order valence-corrected chi connectivity index (χ2v) is 8.02. The molecule has 3 heterocycles. The van der Waals surface area contributed by atoms with E-state index >= 15 is 0 Å². The van der Waals surface area contributed by atoms with Gasteiger partial charge in [-0.1, -0.05) is 12.1 Å². The maximum atomic E-state index is 5.43. The number of fused-ring (bicyclic) bond motifs is 1. The summed E-state index contributed by atoms with van der Waals surface area (Å²) in [5.41, 5.74) is 2.24. The smallest absolute Gasteiger partial charge is 0.191 e. The highest BCUT2D eigenvalue weighted by molar-refractivity contribution is 5.79. The van der Waals surface area contributed by atoms with Crippen LogP contribution < -0.4 is 10.6 Å². The van der Waals surface area contributed by atoms with Gasteiger partial charge in [-0.2, -0.15) is 0 Å². The summed E-state index contributed by atoms with van der Waals surface area (Å²) in [6.45, 7) is 10.00. The molecule has 0 spiro atoms. The minimum Gasteiger partial charge on any atom is -0.469 e. The van der Waals surface area contributed by atoms with E-state index in [0.29, 0.717) is 0 Å². The Hall–Kier alpha value is -2.84. The van der Waals surface area contributed by atoms with E-state index in [1.807, 2.05) is 18.2 Å². The summed E-state index contributed by atoms with van der Waals surface area (Å²) in [4.78, 5) is 11.9. The first-order valence-corrected chi connectivity index (χ1v) is 11.6. The van der Waals surface area contributed by atoms with Gasteiger partial charge in [0.05, 0.1) is 30.5 Å². The number of furan rings is 1. The molecule has 8 heteroatoms. The summed E-state index contributed by atoms with van der Waals surface area (Å²) in [5, 5.41) is 6.94. The maximum absolute atomic E-state index is 5.43. The first kappa shape index (κ1) is 22.4. The van der Waals surface area contributed by atoms with Crippen molar-refractivity contribution in [2.75, 3.05) is 52.5 Å². The summed E-state index contributed by atoms with van der Waals surface area (Å²) in [6, 6.07) is 12.2. The van der Waals surface area contributed by atoms with Crippen molar-refractivity contribution >= 4 is 17.0 Å². The number of nitrogens with zero attached hydrogens (tertiary/aromatic N) is 4. The molecule has 0 radical (unpaired) electrons. The molecular weight excluding hydrogens is 404 g/mol. The number of morpholine rings is 1. The van der Waals surface area contributed by atoms with Crippen LogP contribution in [0.15, 0.2) is 52.1 Å². The van der Waals surface area contributed by atoms with Gasteiger partial charge in [0.25, 0.3) is 0 Å². The van der Waals surface area contributed by atoms with Crippen LogP contribution in [0.3, 0.4) is 0 Å². The fourth-order valence-electron chi connectivity index (χ4n) is 3.99. The Balaban J connectivity index is 1.28. The zero-order chi connectivity index (χ0) is 22.0. The van der Waals surface area contributed by atoms with E-state index in [1.54, 1.807) is 6.26 Å². The van der Waals surface area contributed by atoms with Gasteiger partial charge in [-0.05, 0) is 37.6 Å². The Morgan fingerprint density at radius 3 is 2.75 bits per heavy atom. The standard InChI is InChI=1S/C24H34N6O2/c1-20-28-22-7-2-3-8-23(22)30(20)13-5-10-25-24(26-11-9-21-6-4-17-32-21)27-12-14-29-15-18-31-19-16-29/h2-4,6-8,17H,5,9-16,18-19H2,1H3,(H2,25,26,27). The van der Waals surface area contributed by atoms with Crippen LogP contribution in [0.5, 0.6) is 0 Å². The molecule has 0 atom stereocenters. The van der Waals surface area contributed by atoms with Crippen molar-refractivity contribution in [3.63, 3.8) is 0 Å². The molecule has 1 aromatic carbocycles. The number of imidazole rings is 1. The van der Waals surface area contributed by atoms with Crippen LogP contribution in [-0.2, 0) is 17.7 Å². The van der Waals surface area contributed by atoms with E-state index in [2.05, 4.69) is 50.2 Å². The lowest BCUT2D eigenvalue weighted by molar-refractivity contribution is 0.0389. The summed E-state index contributed by atoms with van der Waals surface area (Å²) in [6.07, 6.45) is 3.50. The quantitative estimate of drug-likeness (QED) is 0.288. The number of guanidine groups is 1. The Morgan fingerprint density at radius 1 is 1.06 bits per heavy atom. The molecule has 0 unspecified atom stereocenters. The normalized spacial score (nSPS) is 15.3. The average Bonchev–Trinajstić information content (AvgIpc) is 3.44. The highest BCUT2D eigenvalue weighted by Gasteiger charge is 2.10. The van der Waals surface area contributed by atoms with E-state index in [-0.39, 0.29) is 0 Å². The molecule has 8 nitrogen and oxygen atoms in total.